The minimum absolute atomic E-state index is 0. The first-order chi connectivity index (χ1) is 7.75. The summed E-state index contributed by atoms with van der Waals surface area (Å²) in [4.78, 5) is 0. The van der Waals surface area contributed by atoms with Crippen LogP contribution in [0.5, 0.6) is 5.75 Å². The number of hydrogen-bond donors (Lipinski definition) is 0. The Morgan fingerprint density at radius 3 is 2.56 bits per heavy atom. The van der Waals surface area contributed by atoms with Gasteiger partial charge in [-0.2, -0.15) is 30.3 Å². The van der Waals surface area contributed by atoms with Gasteiger partial charge in [0.2, 0.25) is 0 Å². The normalized spacial score (nSPS) is 9.00. The predicted molar refractivity (Wildman–Crippen MR) is 71.3 cm³/mol. The summed E-state index contributed by atoms with van der Waals surface area (Å²) in [7, 11) is 0. The van der Waals surface area contributed by atoms with Gasteiger partial charge >= 0.3 is 23.1 Å². The maximum Gasteiger partial charge on any atom is 2.00 e. The van der Waals surface area contributed by atoms with Crippen LogP contribution in [-0.2, 0) is 6.61 Å². The van der Waals surface area contributed by atoms with Crippen molar-refractivity contribution in [2.75, 3.05) is 0 Å². The summed E-state index contributed by atoms with van der Waals surface area (Å²) in [5.74, 6) is 0.953. The van der Waals surface area contributed by atoms with Crippen molar-refractivity contribution in [2.24, 2.45) is 0 Å². The second-order valence-electron chi connectivity index (χ2n) is 3.97. The van der Waals surface area contributed by atoms with E-state index in [4.69, 9.17) is 4.74 Å². The Morgan fingerprint density at radius 2 is 1.94 bits per heavy atom. The molecule has 0 atom stereocenters. The molecule has 2 rings (SSSR count). The summed E-state index contributed by atoms with van der Waals surface area (Å²) < 4.78 is 5.76. The minimum Gasteiger partial charge on any atom is -1.00 e. The van der Waals surface area contributed by atoms with Gasteiger partial charge in [-0.05, 0) is 25.5 Å². The van der Waals surface area contributed by atoms with E-state index in [9.17, 15) is 0 Å². The maximum atomic E-state index is 5.76. The third-order valence-corrected chi connectivity index (χ3v) is 2.50. The molecule has 0 amide bonds. The zero-order valence-electron chi connectivity index (χ0n) is 10.7. The molecule has 1 nitrogen and oxygen atoms in total. The fourth-order valence-corrected chi connectivity index (χ4v) is 1.64. The molecule has 3 heteroatoms. The third kappa shape index (κ3) is 5.00. The molecule has 0 saturated heterocycles. The van der Waals surface area contributed by atoms with Gasteiger partial charge in [0.05, 0.1) is 6.61 Å². The van der Waals surface area contributed by atoms with Crippen LogP contribution in [0.15, 0.2) is 42.5 Å². The molecule has 0 radical (unpaired) electrons. The van der Waals surface area contributed by atoms with Crippen molar-refractivity contribution >= 4 is 23.1 Å². The van der Waals surface area contributed by atoms with Crippen molar-refractivity contribution in [2.45, 2.75) is 20.5 Å². The molecule has 90 valence electrons. The average molecular weight is 315 g/mol. The van der Waals surface area contributed by atoms with Gasteiger partial charge in [-0.25, -0.2) is 0 Å². The van der Waals surface area contributed by atoms with E-state index in [2.05, 4.69) is 32.0 Å². The van der Waals surface area contributed by atoms with Gasteiger partial charge in [0.1, 0.15) is 5.75 Å². The average Bonchev–Trinajstić information content (AvgIpc) is 2.29. The summed E-state index contributed by atoms with van der Waals surface area (Å²) in [5.41, 5.74) is 3.58. The Bertz CT molecular complexity index is 471. The standard InChI is InChI=1S/C15H15O.BrH.Mg/c1-12-8-9-15(13(2)10-12)16-11-14-6-4-3-5-7-14;;/h3-4,6-10H,11H2,1-2H3;1H;/q-1;;+2/p-1. The van der Waals surface area contributed by atoms with E-state index >= 15 is 0 Å². The molecular weight excluding hydrogens is 300 g/mol. The molecule has 0 spiro atoms. The van der Waals surface area contributed by atoms with E-state index in [0.717, 1.165) is 11.3 Å². The summed E-state index contributed by atoms with van der Waals surface area (Å²) in [5, 5.41) is 0. The maximum absolute atomic E-state index is 5.76. The van der Waals surface area contributed by atoms with Crippen molar-refractivity contribution in [3.8, 4) is 5.75 Å². The third-order valence-electron chi connectivity index (χ3n) is 2.50. The Morgan fingerprint density at radius 1 is 1.17 bits per heavy atom. The molecule has 0 aliphatic carbocycles. The SMILES string of the molecule is Cc1ccc(OCc2c[c-]ccc2)c(C)c1.[Br-].[Mg+2]. The number of aryl methyl sites for hydroxylation is 2. The molecule has 0 N–H and O–H groups in total. The van der Waals surface area contributed by atoms with Gasteiger partial charge in [-0.3, -0.25) is 0 Å². The molecule has 0 bridgehead atoms. The summed E-state index contributed by atoms with van der Waals surface area (Å²) in [6.07, 6.45) is 0. The first-order valence-corrected chi connectivity index (χ1v) is 5.41. The quantitative estimate of drug-likeness (QED) is 0.585. The van der Waals surface area contributed by atoms with E-state index in [1.54, 1.807) is 0 Å². The van der Waals surface area contributed by atoms with Gasteiger partial charge in [-0.1, -0.05) is 17.7 Å². The van der Waals surface area contributed by atoms with Gasteiger partial charge in [0.15, 0.2) is 0 Å². The van der Waals surface area contributed by atoms with E-state index < -0.39 is 0 Å². The van der Waals surface area contributed by atoms with Gasteiger partial charge in [0, 0.05) is 0 Å². The van der Waals surface area contributed by atoms with Crippen molar-refractivity contribution in [3.63, 3.8) is 0 Å². The van der Waals surface area contributed by atoms with Crippen LogP contribution in [0.3, 0.4) is 0 Å². The number of rotatable bonds is 3. The smallest absolute Gasteiger partial charge is 1.00 e. The summed E-state index contributed by atoms with van der Waals surface area (Å²) in [6.45, 7) is 4.75. The minimum atomic E-state index is 0. The summed E-state index contributed by atoms with van der Waals surface area (Å²) >= 11 is 0. The van der Waals surface area contributed by atoms with E-state index in [-0.39, 0.29) is 40.0 Å². The van der Waals surface area contributed by atoms with Gasteiger partial charge in [-0.15, -0.1) is 5.56 Å². The second-order valence-corrected chi connectivity index (χ2v) is 3.97. The van der Waals surface area contributed by atoms with Crippen molar-refractivity contribution in [1.29, 1.82) is 0 Å². The van der Waals surface area contributed by atoms with Crippen LogP contribution in [0, 0.1) is 19.9 Å². The van der Waals surface area contributed by atoms with Crippen LogP contribution >= 0.6 is 0 Å². The van der Waals surface area contributed by atoms with Crippen LogP contribution in [-0.4, -0.2) is 23.1 Å². The monoisotopic (exact) mass is 314 g/mol. The molecular formula is C15H15BrMgO. The van der Waals surface area contributed by atoms with E-state index in [1.165, 1.54) is 11.1 Å². The fourth-order valence-electron chi connectivity index (χ4n) is 1.64. The van der Waals surface area contributed by atoms with Crippen molar-refractivity contribution in [1.82, 2.24) is 0 Å². The van der Waals surface area contributed by atoms with E-state index in [1.807, 2.05) is 30.3 Å². The molecule has 0 fully saturated rings. The zero-order valence-corrected chi connectivity index (χ0v) is 13.7. The molecule has 2 aromatic carbocycles. The van der Waals surface area contributed by atoms with Crippen LogP contribution in [0.1, 0.15) is 16.7 Å². The van der Waals surface area contributed by atoms with Crippen LogP contribution in [0.25, 0.3) is 0 Å². The Labute approximate surface area is 135 Å². The first-order valence-electron chi connectivity index (χ1n) is 5.41. The Balaban J connectivity index is 0.00000144. The Kier molecular flexibility index (Phi) is 8.32. The predicted octanol–water partition coefficient (Wildman–Crippen LogP) is 0.306. The molecule has 0 aliphatic rings. The molecule has 0 aromatic heterocycles. The molecule has 18 heavy (non-hydrogen) atoms. The van der Waals surface area contributed by atoms with Crippen molar-refractivity contribution in [3.05, 3.63) is 65.2 Å². The van der Waals surface area contributed by atoms with Crippen molar-refractivity contribution < 1.29 is 21.7 Å². The van der Waals surface area contributed by atoms with Crippen LogP contribution in [0.2, 0.25) is 0 Å². The van der Waals surface area contributed by atoms with Crippen LogP contribution < -0.4 is 21.7 Å². The van der Waals surface area contributed by atoms with Gasteiger partial charge < -0.3 is 21.7 Å². The zero-order chi connectivity index (χ0) is 11.4. The molecule has 0 unspecified atom stereocenters. The number of halogens is 1. The molecule has 2 aromatic rings. The molecule has 0 heterocycles. The second kappa shape index (κ2) is 8.56. The Hall–Kier alpha value is -0.514. The first kappa shape index (κ1) is 17.5. The van der Waals surface area contributed by atoms with Crippen LogP contribution in [0.4, 0.5) is 0 Å². The fraction of sp³-hybridized carbons (Fsp3) is 0.200. The number of ether oxygens (including phenoxy) is 1. The molecule has 0 aliphatic heterocycles. The topological polar surface area (TPSA) is 9.23 Å². The number of hydrogen-bond acceptors (Lipinski definition) is 1. The van der Waals surface area contributed by atoms with Gasteiger partial charge in [0.25, 0.3) is 0 Å². The summed E-state index contributed by atoms with van der Waals surface area (Å²) in [6, 6.07) is 17.1. The van der Waals surface area contributed by atoms with E-state index in [0.29, 0.717) is 6.61 Å². The number of benzene rings is 2. The molecule has 0 saturated carbocycles. The largest absolute Gasteiger partial charge is 2.00 e.